The van der Waals surface area contributed by atoms with Gasteiger partial charge in [0, 0.05) is 12.6 Å². The maximum atomic E-state index is 9.75. The summed E-state index contributed by atoms with van der Waals surface area (Å²) < 4.78 is 0. The minimum atomic E-state index is 0.339. The third-order valence-electron chi connectivity index (χ3n) is 7.88. The Morgan fingerprint density at radius 3 is 2.56 bits per heavy atom. The van der Waals surface area contributed by atoms with Crippen molar-refractivity contribution in [3.05, 3.63) is 35.9 Å². The van der Waals surface area contributed by atoms with Crippen LogP contribution >= 0.6 is 0 Å². The van der Waals surface area contributed by atoms with Gasteiger partial charge in [-0.1, -0.05) is 62.4 Å². The second-order valence-corrected chi connectivity index (χ2v) is 9.75. The lowest BCUT2D eigenvalue weighted by molar-refractivity contribution is 0.0997. The molecule has 1 N–H and O–H groups in total. The maximum Gasteiger partial charge on any atom is 0.0586 e. The average Bonchev–Trinajstić information content (AvgIpc) is 3.16. The summed E-state index contributed by atoms with van der Waals surface area (Å²) in [5.74, 6) is 3.77. The zero-order chi connectivity index (χ0) is 18.5. The van der Waals surface area contributed by atoms with E-state index in [1.165, 1.54) is 89.3 Å². The minimum absolute atomic E-state index is 0.339. The molecule has 3 aliphatic rings. The van der Waals surface area contributed by atoms with Crippen LogP contribution in [0.1, 0.15) is 69.8 Å². The van der Waals surface area contributed by atoms with Crippen molar-refractivity contribution >= 4 is 0 Å². The summed E-state index contributed by atoms with van der Waals surface area (Å²) in [6.07, 6.45) is 15.5. The van der Waals surface area contributed by atoms with E-state index in [4.69, 9.17) is 0 Å². The molecule has 0 radical (unpaired) electrons. The monoisotopic (exact) mass is 369 g/mol. The number of benzene rings is 1. The molecule has 0 bridgehead atoms. The largest absolute Gasteiger partial charge is 0.395 e. The first-order chi connectivity index (χ1) is 13.3. The smallest absolute Gasteiger partial charge is 0.0586 e. The SMILES string of the molecule is OCC1CCCN1CC(Cc1ccccc1)CC1CCC2CCCCC2C1. The summed E-state index contributed by atoms with van der Waals surface area (Å²) in [5.41, 5.74) is 1.49. The Hall–Kier alpha value is -0.860. The van der Waals surface area contributed by atoms with E-state index in [0.717, 1.165) is 23.7 Å². The minimum Gasteiger partial charge on any atom is -0.395 e. The van der Waals surface area contributed by atoms with Crippen LogP contribution in [0.3, 0.4) is 0 Å². The third kappa shape index (κ3) is 5.15. The van der Waals surface area contributed by atoms with E-state index in [0.29, 0.717) is 12.6 Å². The first-order valence-corrected chi connectivity index (χ1v) is 11.7. The van der Waals surface area contributed by atoms with E-state index in [-0.39, 0.29) is 0 Å². The highest BCUT2D eigenvalue weighted by molar-refractivity contribution is 5.15. The van der Waals surface area contributed by atoms with Crippen LogP contribution in [0.2, 0.25) is 0 Å². The number of fused-ring (bicyclic) bond motifs is 1. The van der Waals surface area contributed by atoms with Gasteiger partial charge in [0.25, 0.3) is 0 Å². The second-order valence-electron chi connectivity index (χ2n) is 9.75. The molecule has 1 aromatic rings. The Balaban J connectivity index is 1.39. The van der Waals surface area contributed by atoms with Gasteiger partial charge >= 0.3 is 0 Å². The summed E-state index contributed by atoms with van der Waals surface area (Å²) in [4.78, 5) is 2.60. The molecular weight excluding hydrogens is 330 g/mol. The first kappa shape index (κ1) is 19.5. The summed E-state index contributed by atoms with van der Waals surface area (Å²) in [6.45, 7) is 2.71. The summed E-state index contributed by atoms with van der Waals surface area (Å²) >= 11 is 0. The van der Waals surface area contributed by atoms with E-state index in [1.807, 2.05) is 0 Å². The van der Waals surface area contributed by atoms with Crippen LogP contribution in [0.25, 0.3) is 0 Å². The molecule has 0 spiro atoms. The first-order valence-electron chi connectivity index (χ1n) is 11.7. The van der Waals surface area contributed by atoms with Gasteiger partial charge in [0.1, 0.15) is 0 Å². The standard InChI is InChI=1S/C25H39NO/c27-19-25-11-6-14-26(25)18-22(15-20-7-2-1-3-8-20)16-21-12-13-23-9-4-5-10-24(23)17-21/h1-3,7-8,21-25,27H,4-6,9-19H2. The Morgan fingerprint density at radius 2 is 1.74 bits per heavy atom. The topological polar surface area (TPSA) is 23.5 Å². The molecule has 0 aromatic heterocycles. The van der Waals surface area contributed by atoms with Crippen LogP contribution in [-0.4, -0.2) is 35.7 Å². The van der Waals surface area contributed by atoms with Crippen molar-refractivity contribution < 1.29 is 5.11 Å². The fourth-order valence-electron chi connectivity index (χ4n) is 6.50. The molecule has 1 saturated heterocycles. The molecule has 4 rings (SSSR count). The number of rotatable bonds is 7. The lowest BCUT2D eigenvalue weighted by atomic mass is 9.66. The normalized spacial score (nSPS) is 32.9. The van der Waals surface area contributed by atoms with Crippen LogP contribution in [0, 0.1) is 23.7 Å². The van der Waals surface area contributed by atoms with Crippen molar-refractivity contribution in [1.82, 2.24) is 4.90 Å². The van der Waals surface area contributed by atoms with Crippen molar-refractivity contribution in [3.63, 3.8) is 0 Å². The van der Waals surface area contributed by atoms with E-state index in [2.05, 4.69) is 35.2 Å². The lowest BCUT2D eigenvalue weighted by Crippen LogP contribution is -2.38. The molecule has 27 heavy (non-hydrogen) atoms. The van der Waals surface area contributed by atoms with Gasteiger partial charge in [0.05, 0.1) is 6.61 Å². The van der Waals surface area contributed by atoms with E-state index < -0.39 is 0 Å². The highest BCUT2D eigenvalue weighted by Crippen LogP contribution is 2.44. The Labute approximate surface area is 166 Å². The fourth-order valence-corrected chi connectivity index (χ4v) is 6.50. The quantitative estimate of drug-likeness (QED) is 0.705. The van der Waals surface area contributed by atoms with Gasteiger partial charge in [-0.25, -0.2) is 0 Å². The predicted molar refractivity (Wildman–Crippen MR) is 113 cm³/mol. The number of hydrogen-bond acceptors (Lipinski definition) is 2. The molecule has 5 unspecified atom stereocenters. The molecule has 1 aromatic carbocycles. The molecule has 2 aliphatic carbocycles. The molecule has 0 amide bonds. The number of aliphatic hydroxyl groups excluding tert-OH is 1. The van der Waals surface area contributed by atoms with Gasteiger partial charge in [-0.05, 0) is 74.3 Å². The third-order valence-corrected chi connectivity index (χ3v) is 7.88. The van der Waals surface area contributed by atoms with Gasteiger partial charge in [0.15, 0.2) is 0 Å². The van der Waals surface area contributed by atoms with Crippen LogP contribution in [0.5, 0.6) is 0 Å². The van der Waals surface area contributed by atoms with Crippen LogP contribution in [-0.2, 0) is 6.42 Å². The number of hydrogen-bond donors (Lipinski definition) is 1. The molecule has 2 nitrogen and oxygen atoms in total. The highest BCUT2D eigenvalue weighted by Gasteiger charge is 2.34. The van der Waals surface area contributed by atoms with Crippen molar-refractivity contribution in [3.8, 4) is 0 Å². The number of aliphatic hydroxyl groups is 1. The van der Waals surface area contributed by atoms with Crippen LogP contribution in [0.15, 0.2) is 30.3 Å². The number of nitrogens with zero attached hydrogens (tertiary/aromatic N) is 1. The number of likely N-dealkylation sites (tertiary alicyclic amines) is 1. The van der Waals surface area contributed by atoms with Crippen molar-refractivity contribution in [2.75, 3.05) is 19.7 Å². The average molecular weight is 370 g/mol. The molecule has 2 saturated carbocycles. The molecule has 1 aliphatic heterocycles. The zero-order valence-corrected chi connectivity index (χ0v) is 17.1. The predicted octanol–water partition coefficient (Wildman–Crippen LogP) is 5.30. The van der Waals surface area contributed by atoms with E-state index in [9.17, 15) is 5.11 Å². The Morgan fingerprint density at radius 1 is 0.926 bits per heavy atom. The van der Waals surface area contributed by atoms with Gasteiger partial charge in [-0.2, -0.15) is 0 Å². The summed E-state index contributed by atoms with van der Waals surface area (Å²) in [6, 6.07) is 11.5. The van der Waals surface area contributed by atoms with Crippen LogP contribution < -0.4 is 0 Å². The second kappa shape index (κ2) is 9.56. The molecule has 3 fully saturated rings. The van der Waals surface area contributed by atoms with Crippen molar-refractivity contribution in [1.29, 1.82) is 0 Å². The van der Waals surface area contributed by atoms with Gasteiger partial charge in [0.2, 0.25) is 0 Å². The Kier molecular flexibility index (Phi) is 6.89. The van der Waals surface area contributed by atoms with Gasteiger partial charge < -0.3 is 5.11 Å². The van der Waals surface area contributed by atoms with Crippen molar-refractivity contribution in [2.45, 2.75) is 76.7 Å². The molecule has 150 valence electrons. The zero-order valence-electron chi connectivity index (χ0n) is 17.1. The fraction of sp³-hybridized carbons (Fsp3) is 0.760. The van der Waals surface area contributed by atoms with Crippen molar-refractivity contribution in [2.24, 2.45) is 23.7 Å². The highest BCUT2D eigenvalue weighted by atomic mass is 16.3. The summed E-state index contributed by atoms with van der Waals surface area (Å²) in [5, 5.41) is 9.75. The molecule has 1 heterocycles. The van der Waals surface area contributed by atoms with Gasteiger partial charge in [-0.3, -0.25) is 4.90 Å². The maximum absolute atomic E-state index is 9.75. The Bertz CT molecular complexity index is 559. The van der Waals surface area contributed by atoms with Gasteiger partial charge in [-0.15, -0.1) is 0 Å². The molecule has 2 heteroatoms. The van der Waals surface area contributed by atoms with E-state index in [1.54, 1.807) is 0 Å². The summed E-state index contributed by atoms with van der Waals surface area (Å²) in [7, 11) is 0. The molecule has 5 atom stereocenters. The molecular formula is C25H39NO. The lowest BCUT2D eigenvalue weighted by Gasteiger charge is -2.41. The van der Waals surface area contributed by atoms with E-state index >= 15 is 0 Å². The van der Waals surface area contributed by atoms with Crippen LogP contribution in [0.4, 0.5) is 0 Å².